The van der Waals surface area contributed by atoms with Gasteiger partial charge in [-0.15, -0.1) is 0 Å². The highest BCUT2D eigenvalue weighted by atomic mass is 16.5. The Morgan fingerprint density at radius 3 is 2.97 bits per heavy atom. The minimum atomic E-state index is -0.218. The zero-order valence-corrected chi connectivity index (χ0v) is 18.7. The van der Waals surface area contributed by atoms with Crippen LogP contribution in [0.25, 0.3) is 16.3 Å². The zero-order valence-electron chi connectivity index (χ0n) is 18.7. The highest BCUT2D eigenvalue weighted by molar-refractivity contribution is 5.97. The lowest BCUT2D eigenvalue weighted by Gasteiger charge is -2.36. The van der Waals surface area contributed by atoms with Gasteiger partial charge in [0.2, 0.25) is 5.91 Å². The Morgan fingerprint density at radius 1 is 1.30 bits per heavy atom. The van der Waals surface area contributed by atoms with E-state index in [0.29, 0.717) is 13.2 Å². The standard InChI is InChI=1S/C26H29N5O2/c27-15-18-2-1-3-19(12-18)21-13-20-4-7-28-16-23(20)24(14-21)30-22-5-9-31(10-6-22)26(32)25-17-33-11-8-29-25/h3-4,7,12-14,16,22,25,29-30H,1-2,5-6,8-11,17H2. The quantitative estimate of drug-likeness (QED) is 0.754. The number of nitrogens with zero attached hydrogens (tertiary/aromatic N) is 3. The van der Waals surface area contributed by atoms with Crippen LogP contribution in [0.2, 0.25) is 0 Å². The molecule has 33 heavy (non-hydrogen) atoms. The van der Waals surface area contributed by atoms with Crippen molar-refractivity contribution in [3.8, 4) is 6.07 Å². The largest absolute Gasteiger partial charge is 0.382 e. The van der Waals surface area contributed by atoms with Gasteiger partial charge in [0.15, 0.2) is 0 Å². The summed E-state index contributed by atoms with van der Waals surface area (Å²) in [7, 11) is 0. The van der Waals surface area contributed by atoms with Crippen molar-refractivity contribution in [3.05, 3.63) is 53.9 Å². The summed E-state index contributed by atoms with van der Waals surface area (Å²) in [5.41, 5.74) is 4.09. The summed E-state index contributed by atoms with van der Waals surface area (Å²) in [5, 5.41) is 18.5. The Hall–Kier alpha value is -3.21. The second-order valence-corrected chi connectivity index (χ2v) is 8.93. The maximum absolute atomic E-state index is 12.8. The predicted molar refractivity (Wildman–Crippen MR) is 128 cm³/mol. The maximum Gasteiger partial charge on any atom is 0.242 e. The molecule has 2 aliphatic heterocycles. The van der Waals surface area contributed by atoms with Gasteiger partial charge in [-0.2, -0.15) is 5.26 Å². The van der Waals surface area contributed by atoms with E-state index in [-0.39, 0.29) is 18.0 Å². The van der Waals surface area contributed by atoms with Crippen molar-refractivity contribution in [3.63, 3.8) is 0 Å². The molecule has 1 aliphatic carbocycles. The molecule has 2 N–H and O–H groups in total. The number of rotatable bonds is 4. The number of ether oxygens (including phenoxy) is 1. The molecule has 2 fully saturated rings. The predicted octanol–water partition coefficient (Wildman–Crippen LogP) is 3.25. The molecule has 1 unspecified atom stereocenters. The number of amides is 1. The molecule has 3 heterocycles. The minimum absolute atomic E-state index is 0.147. The molecule has 0 radical (unpaired) electrons. The van der Waals surface area contributed by atoms with Crippen molar-refractivity contribution in [2.45, 2.75) is 37.8 Å². The fraction of sp³-hybridized carbons (Fsp3) is 0.423. The van der Waals surface area contributed by atoms with E-state index in [2.05, 4.69) is 39.9 Å². The van der Waals surface area contributed by atoms with E-state index in [9.17, 15) is 10.1 Å². The first-order valence-corrected chi connectivity index (χ1v) is 11.8. The van der Waals surface area contributed by atoms with E-state index in [0.717, 1.165) is 78.5 Å². The van der Waals surface area contributed by atoms with Crippen LogP contribution in [0.1, 0.15) is 31.2 Å². The van der Waals surface area contributed by atoms with Crippen molar-refractivity contribution in [2.75, 3.05) is 38.2 Å². The lowest BCUT2D eigenvalue weighted by Crippen LogP contribution is -2.54. The lowest BCUT2D eigenvalue weighted by molar-refractivity contribution is -0.137. The van der Waals surface area contributed by atoms with E-state index < -0.39 is 0 Å². The van der Waals surface area contributed by atoms with Gasteiger partial charge in [-0.1, -0.05) is 6.08 Å². The number of piperidine rings is 1. The number of morpholine rings is 1. The number of likely N-dealkylation sites (tertiary alicyclic amines) is 1. The second-order valence-electron chi connectivity index (χ2n) is 8.93. The van der Waals surface area contributed by atoms with Gasteiger partial charge >= 0.3 is 0 Å². The topological polar surface area (TPSA) is 90.3 Å². The molecule has 7 heteroatoms. The smallest absolute Gasteiger partial charge is 0.242 e. The average molecular weight is 444 g/mol. The molecule has 0 bridgehead atoms. The third kappa shape index (κ3) is 4.77. The molecule has 7 nitrogen and oxygen atoms in total. The van der Waals surface area contributed by atoms with Crippen molar-refractivity contribution in [1.82, 2.24) is 15.2 Å². The fourth-order valence-electron chi connectivity index (χ4n) is 4.88. The van der Waals surface area contributed by atoms with Gasteiger partial charge in [0, 0.05) is 54.7 Å². The number of fused-ring (bicyclic) bond motifs is 1. The number of pyridine rings is 1. The van der Waals surface area contributed by atoms with Crippen LogP contribution in [0.15, 0.2) is 48.3 Å². The molecule has 2 aromatic rings. The number of aromatic nitrogens is 1. The van der Waals surface area contributed by atoms with Gasteiger partial charge in [-0.05, 0) is 66.5 Å². The fourth-order valence-corrected chi connectivity index (χ4v) is 4.88. The van der Waals surface area contributed by atoms with E-state index in [4.69, 9.17) is 4.74 Å². The van der Waals surface area contributed by atoms with Gasteiger partial charge in [0.25, 0.3) is 0 Å². The second kappa shape index (κ2) is 9.74. The number of carbonyl (C=O) groups is 1. The van der Waals surface area contributed by atoms with Gasteiger partial charge in [0.05, 0.1) is 19.3 Å². The number of allylic oxidation sites excluding steroid dienone is 4. The summed E-state index contributed by atoms with van der Waals surface area (Å²) >= 11 is 0. The number of benzene rings is 1. The average Bonchev–Trinajstić information content (AvgIpc) is 2.89. The van der Waals surface area contributed by atoms with Crippen LogP contribution in [-0.4, -0.2) is 60.7 Å². The Balaban J connectivity index is 1.32. The first kappa shape index (κ1) is 21.6. The third-order valence-corrected chi connectivity index (χ3v) is 6.73. The van der Waals surface area contributed by atoms with Gasteiger partial charge in [0.1, 0.15) is 6.04 Å². The molecule has 1 atom stereocenters. The normalized spacial score (nSPS) is 21.8. The summed E-state index contributed by atoms with van der Waals surface area (Å²) in [4.78, 5) is 19.1. The first-order chi connectivity index (χ1) is 16.2. The highest BCUT2D eigenvalue weighted by Crippen LogP contribution is 2.33. The Labute approximate surface area is 194 Å². The molecule has 0 spiro atoms. The van der Waals surface area contributed by atoms with Gasteiger partial charge < -0.3 is 20.3 Å². The monoisotopic (exact) mass is 443 g/mol. The molecule has 3 aliphatic rings. The van der Waals surface area contributed by atoms with Crippen molar-refractivity contribution < 1.29 is 9.53 Å². The molecular weight excluding hydrogens is 414 g/mol. The number of nitriles is 1. The van der Waals surface area contributed by atoms with E-state index in [1.165, 1.54) is 0 Å². The van der Waals surface area contributed by atoms with Crippen molar-refractivity contribution in [1.29, 1.82) is 5.26 Å². The molecule has 0 saturated carbocycles. The minimum Gasteiger partial charge on any atom is -0.382 e. The molecule has 1 aromatic carbocycles. The molecule has 170 valence electrons. The number of anilines is 1. The Morgan fingerprint density at radius 2 is 2.18 bits per heavy atom. The number of hydrogen-bond donors (Lipinski definition) is 2. The van der Waals surface area contributed by atoms with Crippen LogP contribution in [0.3, 0.4) is 0 Å². The molecule has 2 saturated heterocycles. The van der Waals surface area contributed by atoms with E-state index in [1.54, 1.807) is 0 Å². The summed E-state index contributed by atoms with van der Waals surface area (Å²) in [6.07, 6.45) is 11.4. The highest BCUT2D eigenvalue weighted by Gasteiger charge is 2.29. The number of hydrogen-bond acceptors (Lipinski definition) is 6. The summed E-state index contributed by atoms with van der Waals surface area (Å²) < 4.78 is 5.46. The van der Waals surface area contributed by atoms with Crippen LogP contribution in [0.5, 0.6) is 0 Å². The Bertz CT molecular complexity index is 1140. The molecule has 1 amide bonds. The zero-order chi connectivity index (χ0) is 22.6. The molecular formula is C26H29N5O2. The summed E-state index contributed by atoms with van der Waals surface area (Å²) in [5.74, 6) is 0.147. The maximum atomic E-state index is 12.8. The number of nitrogens with one attached hydrogen (secondary N) is 2. The van der Waals surface area contributed by atoms with Gasteiger partial charge in [-0.25, -0.2) is 0 Å². The SMILES string of the molecule is N#CC1=CC(c2cc(NC3CCN(C(=O)C4COCCN4)CC3)c3cnccc3c2)=CCC1. The first-order valence-electron chi connectivity index (χ1n) is 11.8. The lowest BCUT2D eigenvalue weighted by atomic mass is 9.93. The third-order valence-electron chi connectivity index (χ3n) is 6.73. The van der Waals surface area contributed by atoms with Crippen LogP contribution < -0.4 is 10.6 Å². The van der Waals surface area contributed by atoms with Gasteiger partial charge in [-0.3, -0.25) is 9.78 Å². The number of carbonyl (C=O) groups excluding carboxylic acids is 1. The summed E-state index contributed by atoms with van der Waals surface area (Å²) in [6, 6.07) is 8.75. The van der Waals surface area contributed by atoms with E-state index >= 15 is 0 Å². The van der Waals surface area contributed by atoms with Crippen molar-refractivity contribution in [2.24, 2.45) is 0 Å². The molecule has 5 rings (SSSR count). The van der Waals surface area contributed by atoms with Crippen LogP contribution >= 0.6 is 0 Å². The molecule has 1 aromatic heterocycles. The van der Waals surface area contributed by atoms with Crippen LogP contribution in [0, 0.1) is 11.3 Å². The van der Waals surface area contributed by atoms with Crippen LogP contribution in [0.4, 0.5) is 5.69 Å². The van der Waals surface area contributed by atoms with Crippen molar-refractivity contribution >= 4 is 27.9 Å². The van der Waals surface area contributed by atoms with Crippen LogP contribution in [-0.2, 0) is 9.53 Å². The Kier molecular flexibility index (Phi) is 6.38. The summed E-state index contributed by atoms with van der Waals surface area (Å²) in [6.45, 7) is 3.34. The van der Waals surface area contributed by atoms with E-state index in [1.807, 2.05) is 29.4 Å².